The van der Waals surface area contributed by atoms with Crippen LogP contribution in [-0.2, 0) is 19.3 Å². The van der Waals surface area contributed by atoms with Gasteiger partial charge in [-0.2, -0.15) is 0 Å². The van der Waals surface area contributed by atoms with E-state index >= 15 is 0 Å². The van der Waals surface area contributed by atoms with Gasteiger partial charge >= 0.3 is 0 Å². The van der Waals surface area contributed by atoms with Gasteiger partial charge in [-0.05, 0) is 37.3 Å². The molecular weight excluding hydrogens is 184 g/mol. The summed E-state index contributed by atoms with van der Waals surface area (Å²) in [5, 5.41) is 0. The largest absolute Gasteiger partial charge is 0.466 e. The maximum absolute atomic E-state index is 5.89. The lowest BCUT2D eigenvalue weighted by Crippen LogP contribution is -1.97. The highest BCUT2D eigenvalue weighted by Gasteiger charge is 2.14. The van der Waals surface area contributed by atoms with Gasteiger partial charge in [0, 0.05) is 12.8 Å². The summed E-state index contributed by atoms with van der Waals surface area (Å²) in [6.45, 7) is 2.26. The summed E-state index contributed by atoms with van der Waals surface area (Å²) in [7, 11) is 0. The smallest absolute Gasteiger partial charge is 0.107 e. The summed E-state index contributed by atoms with van der Waals surface area (Å²) < 4.78 is 5.89. The molecule has 0 atom stereocenters. The minimum atomic E-state index is 1.15. The van der Waals surface area contributed by atoms with E-state index in [0.717, 1.165) is 6.42 Å². The molecule has 1 heterocycles. The fourth-order valence-corrected chi connectivity index (χ4v) is 2.40. The van der Waals surface area contributed by atoms with Gasteiger partial charge in [0.25, 0.3) is 0 Å². The van der Waals surface area contributed by atoms with Crippen LogP contribution in [-0.4, -0.2) is 0 Å². The van der Waals surface area contributed by atoms with Crippen LogP contribution in [0.2, 0.25) is 0 Å². The Labute approximate surface area is 92.9 Å². The van der Waals surface area contributed by atoms with Crippen LogP contribution >= 0.6 is 0 Å². The SMILES string of the molecule is CCCCCCc1cc2c(o1)CCCC2. The molecule has 0 unspecified atom stereocenters. The van der Waals surface area contributed by atoms with Gasteiger partial charge in [0.05, 0.1) is 0 Å². The lowest BCUT2D eigenvalue weighted by atomic mass is 9.98. The van der Waals surface area contributed by atoms with E-state index in [2.05, 4.69) is 13.0 Å². The molecule has 2 rings (SSSR count). The molecule has 1 aliphatic carbocycles. The minimum absolute atomic E-state index is 1.15. The normalized spacial score (nSPS) is 15.3. The molecule has 1 heteroatoms. The molecule has 1 nitrogen and oxygen atoms in total. The van der Waals surface area contributed by atoms with E-state index in [-0.39, 0.29) is 0 Å². The molecule has 15 heavy (non-hydrogen) atoms. The van der Waals surface area contributed by atoms with E-state index in [1.807, 2.05) is 0 Å². The van der Waals surface area contributed by atoms with Crippen LogP contribution in [0.1, 0.15) is 62.5 Å². The average Bonchev–Trinajstić information content (AvgIpc) is 2.67. The molecule has 0 spiro atoms. The summed E-state index contributed by atoms with van der Waals surface area (Å²) in [5.74, 6) is 2.52. The fraction of sp³-hybridized carbons (Fsp3) is 0.714. The molecule has 1 aliphatic rings. The Morgan fingerprint density at radius 2 is 2.00 bits per heavy atom. The lowest BCUT2D eigenvalue weighted by molar-refractivity contribution is 0.437. The molecule has 1 aromatic heterocycles. The molecule has 0 fully saturated rings. The van der Waals surface area contributed by atoms with Crippen molar-refractivity contribution in [2.24, 2.45) is 0 Å². The first-order valence-electron chi connectivity index (χ1n) is 6.50. The first kappa shape index (κ1) is 10.8. The van der Waals surface area contributed by atoms with E-state index in [1.165, 1.54) is 68.5 Å². The molecule has 0 amide bonds. The van der Waals surface area contributed by atoms with Crippen LogP contribution in [0.15, 0.2) is 10.5 Å². The summed E-state index contributed by atoms with van der Waals surface area (Å²) in [5.41, 5.74) is 1.49. The molecule has 0 aliphatic heterocycles. The van der Waals surface area contributed by atoms with Crippen molar-refractivity contribution in [2.45, 2.75) is 64.7 Å². The monoisotopic (exact) mass is 206 g/mol. The van der Waals surface area contributed by atoms with Crippen LogP contribution in [0.3, 0.4) is 0 Å². The van der Waals surface area contributed by atoms with Crippen molar-refractivity contribution < 1.29 is 4.42 Å². The Morgan fingerprint density at radius 3 is 2.80 bits per heavy atom. The van der Waals surface area contributed by atoms with E-state index < -0.39 is 0 Å². The number of unbranched alkanes of at least 4 members (excludes halogenated alkanes) is 3. The molecule has 0 bridgehead atoms. The number of fused-ring (bicyclic) bond motifs is 1. The number of hydrogen-bond acceptors (Lipinski definition) is 1. The van der Waals surface area contributed by atoms with Crippen LogP contribution in [0.5, 0.6) is 0 Å². The third kappa shape index (κ3) is 2.87. The molecule has 0 N–H and O–H groups in total. The first-order valence-corrected chi connectivity index (χ1v) is 6.50. The zero-order valence-electron chi connectivity index (χ0n) is 9.85. The lowest BCUT2D eigenvalue weighted by Gasteiger charge is -2.07. The zero-order valence-corrected chi connectivity index (χ0v) is 9.85. The second kappa shape index (κ2) is 5.39. The second-order valence-electron chi connectivity index (χ2n) is 4.68. The number of aryl methyl sites for hydroxylation is 3. The van der Waals surface area contributed by atoms with Crippen molar-refractivity contribution in [1.29, 1.82) is 0 Å². The van der Waals surface area contributed by atoms with Gasteiger partial charge in [-0.15, -0.1) is 0 Å². The van der Waals surface area contributed by atoms with Gasteiger partial charge in [-0.3, -0.25) is 0 Å². The highest BCUT2D eigenvalue weighted by Crippen LogP contribution is 2.25. The molecular formula is C14H22O. The third-order valence-corrected chi connectivity index (χ3v) is 3.32. The van der Waals surface area contributed by atoms with E-state index in [1.54, 1.807) is 0 Å². The number of furan rings is 1. The zero-order chi connectivity index (χ0) is 10.5. The fourth-order valence-electron chi connectivity index (χ4n) is 2.40. The summed E-state index contributed by atoms with van der Waals surface area (Å²) in [6.07, 6.45) is 11.5. The summed E-state index contributed by atoms with van der Waals surface area (Å²) in [6, 6.07) is 2.31. The Morgan fingerprint density at radius 1 is 1.13 bits per heavy atom. The number of rotatable bonds is 5. The number of hydrogen-bond donors (Lipinski definition) is 0. The van der Waals surface area contributed by atoms with Crippen molar-refractivity contribution in [3.8, 4) is 0 Å². The standard InChI is InChI=1S/C14H22O/c1-2-3-4-5-9-13-11-12-8-6-7-10-14(12)15-13/h11H,2-10H2,1H3. The van der Waals surface area contributed by atoms with Crippen molar-refractivity contribution in [1.82, 2.24) is 0 Å². The van der Waals surface area contributed by atoms with Gasteiger partial charge in [-0.1, -0.05) is 26.2 Å². The average molecular weight is 206 g/mol. The molecule has 0 saturated carbocycles. The van der Waals surface area contributed by atoms with E-state index in [4.69, 9.17) is 4.42 Å². The van der Waals surface area contributed by atoms with Gasteiger partial charge < -0.3 is 4.42 Å². The highest BCUT2D eigenvalue weighted by atomic mass is 16.3. The quantitative estimate of drug-likeness (QED) is 0.655. The Bertz CT molecular complexity index is 275. The third-order valence-electron chi connectivity index (χ3n) is 3.32. The predicted molar refractivity (Wildman–Crippen MR) is 63.2 cm³/mol. The maximum atomic E-state index is 5.89. The maximum Gasteiger partial charge on any atom is 0.107 e. The van der Waals surface area contributed by atoms with Crippen LogP contribution in [0.25, 0.3) is 0 Å². The van der Waals surface area contributed by atoms with Crippen molar-refractivity contribution in [3.63, 3.8) is 0 Å². The van der Waals surface area contributed by atoms with Crippen molar-refractivity contribution in [3.05, 3.63) is 23.2 Å². The summed E-state index contributed by atoms with van der Waals surface area (Å²) in [4.78, 5) is 0. The molecule has 0 saturated heterocycles. The molecule has 0 radical (unpaired) electrons. The van der Waals surface area contributed by atoms with Crippen LogP contribution in [0.4, 0.5) is 0 Å². The van der Waals surface area contributed by atoms with Crippen molar-refractivity contribution >= 4 is 0 Å². The Balaban J connectivity index is 1.84. The van der Waals surface area contributed by atoms with Crippen LogP contribution in [0, 0.1) is 0 Å². The summed E-state index contributed by atoms with van der Waals surface area (Å²) >= 11 is 0. The molecule has 1 aromatic rings. The van der Waals surface area contributed by atoms with E-state index in [0.29, 0.717) is 0 Å². The minimum Gasteiger partial charge on any atom is -0.466 e. The van der Waals surface area contributed by atoms with E-state index in [9.17, 15) is 0 Å². The predicted octanol–water partition coefficient (Wildman–Crippen LogP) is 4.28. The van der Waals surface area contributed by atoms with Gasteiger partial charge in [-0.25, -0.2) is 0 Å². The second-order valence-corrected chi connectivity index (χ2v) is 4.68. The molecule has 84 valence electrons. The topological polar surface area (TPSA) is 13.1 Å². The first-order chi connectivity index (χ1) is 7.40. The van der Waals surface area contributed by atoms with Gasteiger partial charge in [0.2, 0.25) is 0 Å². The Hall–Kier alpha value is -0.720. The highest BCUT2D eigenvalue weighted by molar-refractivity contribution is 5.24. The Kier molecular flexibility index (Phi) is 3.87. The van der Waals surface area contributed by atoms with Crippen molar-refractivity contribution in [2.75, 3.05) is 0 Å². The molecule has 0 aromatic carbocycles. The van der Waals surface area contributed by atoms with Gasteiger partial charge in [0.15, 0.2) is 0 Å². The van der Waals surface area contributed by atoms with Gasteiger partial charge in [0.1, 0.15) is 11.5 Å². The van der Waals surface area contributed by atoms with Crippen LogP contribution < -0.4 is 0 Å².